The van der Waals surface area contributed by atoms with Crippen LogP contribution < -0.4 is 15.0 Å². The second-order valence-corrected chi connectivity index (χ2v) is 8.21. The molecule has 0 spiro atoms. The molecule has 0 atom stereocenters. The van der Waals surface area contributed by atoms with E-state index < -0.39 is 0 Å². The molecule has 152 valence electrons. The van der Waals surface area contributed by atoms with Crippen molar-refractivity contribution in [1.29, 1.82) is 0 Å². The number of nitrogens with zero attached hydrogens (tertiary/aromatic N) is 3. The molecule has 2 amide bonds. The largest absolute Gasteiger partial charge is 0.494 e. The van der Waals surface area contributed by atoms with Crippen LogP contribution in [0.25, 0.3) is 10.2 Å². The lowest BCUT2D eigenvalue weighted by atomic mass is 10.1. The standard InChI is InChI=1S/C22H26N4O2S/c1-4-28-18-9-7-17(8-10-18)23-21(27)25-11-13-26(14-12-25)22-24-19-15(2)5-6-16(3)20(19)29-22/h5-10H,4,11-14H2,1-3H3,(H,23,27). The van der Waals surface area contributed by atoms with Crippen molar-refractivity contribution in [3.05, 3.63) is 47.5 Å². The molecule has 1 aromatic heterocycles. The zero-order valence-electron chi connectivity index (χ0n) is 17.1. The molecule has 6 nitrogen and oxygen atoms in total. The first-order chi connectivity index (χ1) is 14.0. The molecule has 2 aromatic carbocycles. The Bertz CT molecular complexity index is 969. The minimum absolute atomic E-state index is 0.0650. The van der Waals surface area contributed by atoms with Gasteiger partial charge in [0, 0.05) is 31.9 Å². The third kappa shape index (κ3) is 4.15. The number of nitrogens with one attached hydrogen (secondary N) is 1. The SMILES string of the molecule is CCOc1ccc(NC(=O)N2CCN(c3nc4c(C)ccc(C)c4s3)CC2)cc1. The molecule has 0 radical (unpaired) electrons. The second-order valence-electron chi connectivity index (χ2n) is 7.24. The zero-order chi connectivity index (χ0) is 20.4. The number of rotatable bonds is 4. The number of thiazole rings is 1. The molecular weight excluding hydrogens is 384 g/mol. The highest BCUT2D eigenvalue weighted by atomic mass is 32.1. The summed E-state index contributed by atoms with van der Waals surface area (Å²) in [4.78, 5) is 21.6. The molecule has 3 aromatic rings. The fourth-order valence-electron chi connectivity index (χ4n) is 3.49. The van der Waals surface area contributed by atoms with Gasteiger partial charge in [-0.15, -0.1) is 0 Å². The van der Waals surface area contributed by atoms with E-state index in [2.05, 4.69) is 36.2 Å². The van der Waals surface area contributed by atoms with Crippen LogP contribution in [0.3, 0.4) is 0 Å². The number of urea groups is 1. The van der Waals surface area contributed by atoms with E-state index in [-0.39, 0.29) is 6.03 Å². The van der Waals surface area contributed by atoms with Crippen molar-refractivity contribution in [1.82, 2.24) is 9.88 Å². The van der Waals surface area contributed by atoms with Crippen molar-refractivity contribution < 1.29 is 9.53 Å². The first kappa shape index (κ1) is 19.5. The van der Waals surface area contributed by atoms with Gasteiger partial charge < -0.3 is 19.9 Å². The number of hydrogen-bond donors (Lipinski definition) is 1. The smallest absolute Gasteiger partial charge is 0.321 e. The molecule has 1 N–H and O–H groups in total. The molecule has 7 heteroatoms. The van der Waals surface area contributed by atoms with Crippen molar-refractivity contribution in [3.8, 4) is 5.75 Å². The molecule has 0 unspecified atom stereocenters. The highest BCUT2D eigenvalue weighted by Crippen LogP contribution is 2.33. The summed E-state index contributed by atoms with van der Waals surface area (Å²) in [6, 6.07) is 11.7. The molecule has 0 saturated carbocycles. The van der Waals surface area contributed by atoms with Gasteiger partial charge in [0.05, 0.1) is 16.8 Å². The van der Waals surface area contributed by atoms with Crippen LogP contribution in [0, 0.1) is 13.8 Å². The number of aryl methyl sites for hydroxylation is 2. The van der Waals surface area contributed by atoms with E-state index in [4.69, 9.17) is 9.72 Å². The van der Waals surface area contributed by atoms with Crippen LogP contribution in [-0.2, 0) is 0 Å². The van der Waals surface area contributed by atoms with E-state index in [1.54, 1.807) is 11.3 Å². The molecular formula is C22H26N4O2S. The van der Waals surface area contributed by atoms with Crippen LogP contribution in [-0.4, -0.2) is 48.7 Å². The van der Waals surface area contributed by atoms with Gasteiger partial charge in [0.1, 0.15) is 5.75 Å². The number of anilines is 2. The molecule has 29 heavy (non-hydrogen) atoms. The van der Waals surface area contributed by atoms with E-state index in [0.717, 1.165) is 35.2 Å². The van der Waals surface area contributed by atoms with Crippen molar-refractivity contribution in [2.75, 3.05) is 43.0 Å². The predicted molar refractivity (Wildman–Crippen MR) is 120 cm³/mol. The maximum absolute atomic E-state index is 12.6. The van der Waals surface area contributed by atoms with E-state index in [9.17, 15) is 4.79 Å². The minimum atomic E-state index is -0.0650. The number of carbonyl (C=O) groups is 1. The number of piperazine rings is 1. The molecule has 4 rings (SSSR count). The highest BCUT2D eigenvalue weighted by molar-refractivity contribution is 7.22. The van der Waals surface area contributed by atoms with Crippen LogP contribution in [0.5, 0.6) is 5.75 Å². The van der Waals surface area contributed by atoms with Crippen LogP contribution in [0.2, 0.25) is 0 Å². The monoisotopic (exact) mass is 410 g/mol. The first-order valence-corrected chi connectivity index (χ1v) is 10.8. The lowest BCUT2D eigenvalue weighted by molar-refractivity contribution is 0.208. The van der Waals surface area contributed by atoms with Gasteiger partial charge in [-0.25, -0.2) is 9.78 Å². The highest BCUT2D eigenvalue weighted by Gasteiger charge is 2.23. The van der Waals surface area contributed by atoms with Crippen LogP contribution in [0.4, 0.5) is 15.6 Å². The predicted octanol–water partition coefficient (Wildman–Crippen LogP) is 4.67. The third-order valence-electron chi connectivity index (χ3n) is 5.18. The van der Waals surface area contributed by atoms with Gasteiger partial charge in [-0.05, 0) is 56.2 Å². The number of ether oxygens (including phenoxy) is 1. The van der Waals surface area contributed by atoms with Crippen LogP contribution >= 0.6 is 11.3 Å². The normalized spacial score (nSPS) is 14.3. The van der Waals surface area contributed by atoms with Gasteiger partial charge >= 0.3 is 6.03 Å². The molecule has 1 aliphatic rings. The average molecular weight is 411 g/mol. The number of fused-ring (bicyclic) bond motifs is 1. The number of benzene rings is 2. The first-order valence-electron chi connectivity index (χ1n) is 9.95. The van der Waals surface area contributed by atoms with E-state index in [1.165, 1.54) is 15.8 Å². The molecule has 1 saturated heterocycles. The van der Waals surface area contributed by atoms with E-state index in [0.29, 0.717) is 19.7 Å². The number of hydrogen-bond acceptors (Lipinski definition) is 5. The summed E-state index contributed by atoms with van der Waals surface area (Å²) in [5.74, 6) is 0.806. The van der Waals surface area contributed by atoms with Crippen LogP contribution in [0.15, 0.2) is 36.4 Å². The Morgan fingerprint density at radius 1 is 1.07 bits per heavy atom. The summed E-state index contributed by atoms with van der Waals surface area (Å²) >= 11 is 1.75. The fraction of sp³-hybridized carbons (Fsp3) is 0.364. The van der Waals surface area contributed by atoms with E-state index >= 15 is 0 Å². The van der Waals surface area contributed by atoms with Gasteiger partial charge in [-0.3, -0.25) is 0 Å². The number of amides is 2. The fourth-order valence-corrected chi connectivity index (χ4v) is 4.65. The van der Waals surface area contributed by atoms with Gasteiger partial charge in [0.25, 0.3) is 0 Å². The number of carbonyl (C=O) groups excluding carboxylic acids is 1. The third-order valence-corrected chi connectivity index (χ3v) is 6.44. The second kappa shape index (κ2) is 8.29. The van der Waals surface area contributed by atoms with Gasteiger partial charge in [0.15, 0.2) is 5.13 Å². The van der Waals surface area contributed by atoms with Crippen LogP contribution in [0.1, 0.15) is 18.1 Å². The minimum Gasteiger partial charge on any atom is -0.494 e. The maximum atomic E-state index is 12.6. The Kier molecular flexibility index (Phi) is 5.58. The molecule has 2 heterocycles. The molecule has 0 aliphatic carbocycles. The van der Waals surface area contributed by atoms with Gasteiger partial charge in [-0.1, -0.05) is 23.5 Å². The lowest BCUT2D eigenvalue weighted by Crippen LogP contribution is -2.50. The summed E-state index contributed by atoms with van der Waals surface area (Å²) in [5.41, 5.74) is 4.35. The number of aromatic nitrogens is 1. The van der Waals surface area contributed by atoms with Crippen molar-refractivity contribution in [3.63, 3.8) is 0 Å². The Balaban J connectivity index is 1.37. The quantitative estimate of drug-likeness (QED) is 0.679. The van der Waals surface area contributed by atoms with Gasteiger partial charge in [0.2, 0.25) is 0 Å². The molecule has 1 fully saturated rings. The van der Waals surface area contributed by atoms with Crippen molar-refractivity contribution in [2.45, 2.75) is 20.8 Å². The summed E-state index contributed by atoms with van der Waals surface area (Å²) in [5, 5.41) is 4.02. The maximum Gasteiger partial charge on any atom is 0.321 e. The molecule has 0 bridgehead atoms. The lowest BCUT2D eigenvalue weighted by Gasteiger charge is -2.34. The topological polar surface area (TPSA) is 57.7 Å². The average Bonchev–Trinajstić information content (AvgIpc) is 3.19. The molecule has 1 aliphatic heterocycles. The Morgan fingerprint density at radius 3 is 2.41 bits per heavy atom. The van der Waals surface area contributed by atoms with Gasteiger partial charge in [-0.2, -0.15) is 0 Å². The Labute approximate surface area is 175 Å². The zero-order valence-corrected chi connectivity index (χ0v) is 17.9. The summed E-state index contributed by atoms with van der Waals surface area (Å²) in [7, 11) is 0. The summed E-state index contributed by atoms with van der Waals surface area (Å²) in [6.07, 6.45) is 0. The Morgan fingerprint density at radius 2 is 1.76 bits per heavy atom. The summed E-state index contributed by atoms with van der Waals surface area (Å²) < 4.78 is 6.70. The Hall–Kier alpha value is -2.80. The summed E-state index contributed by atoms with van der Waals surface area (Å²) in [6.45, 7) is 9.74. The van der Waals surface area contributed by atoms with Crippen molar-refractivity contribution in [2.24, 2.45) is 0 Å². The van der Waals surface area contributed by atoms with E-state index in [1.807, 2.05) is 36.1 Å². The van der Waals surface area contributed by atoms with Crippen molar-refractivity contribution >= 4 is 38.4 Å².